The molecule has 1 aromatic heterocycles. The predicted octanol–water partition coefficient (Wildman–Crippen LogP) is 1.67. The van der Waals surface area contributed by atoms with Crippen molar-refractivity contribution < 1.29 is 0 Å². The maximum atomic E-state index is 5.88. The lowest BCUT2D eigenvalue weighted by Crippen LogP contribution is -2.11. The van der Waals surface area contributed by atoms with Crippen molar-refractivity contribution in [2.24, 2.45) is 5.73 Å². The van der Waals surface area contributed by atoms with Crippen molar-refractivity contribution in [3.63, 3.8) is 0 Å². The Morgan fingerprint density at radius 3 is 2.92 bits per heavy atom. The van der Waals surface area contributed by atoms with Gasteiger partial charge in [0.05, 0.1) is 5.69 Å². The number of nitrogens with two attached hydrogens (primary N) is 1. The Hall–Kier alpha value is -0.960. The van der Waals surface area contributed by atoms with Gasteiger partial charge in [-0.15, -0.1) is 0 Å². The lowest BCUT2D eigenvalue weighted by Gasteiger charge is -2.08. The van der Waals surface area contributed by atoms with Gasteiger partial charge in [-0.3, -0.25) is 9.97 Å². The van der Waals surface area contributed by atoms with E-state index < -0.39 is 0 Å². The molecule has 0 aromatic carbocycles. The zero-order valence-corrected chi connectivity index (χ0v) is 7.40. The number of aromatic nitrogens is 2. The third-order valence-corrected chi connectivity index (χ3v) is 1.83. The van der Waals surface area contributed by atoms with E-state index >= 15 is 0 Å². The van der Waals surface area contributed by atoms with E-state index in [1.54, 1.807) is 18.6 Å². The van der Waals surface area contributed by atoms with Crippen LogP contribution in [0.1, 0.15) is 37.9 Å². The van der Waals surface area contributed by atoms with Gasteiger partial charge in [0, 0.05) is 24.6 Å². The summed E-state index contributed by atoms with van der Waals surface area (Å²) in [7, 11) is 0. The van der Waals surface area contributed by atoms with E-state index in [1.807, 2.05) is 0 Å². The Kier molecular flexibility index (Phi) is 3.67. The van der Waals surface area contributed by atoms with E-state index in [4.69, 9.17) is 5.73 Å². The molecule has 1 unspecified atom stereocenters. The molecule has 0 aliphatic heterocycles. The van der Waals surface area contributed by atoms with Crippen LogP contribution in [-0.4, -0.2) is 9.97 Å². The minimum Gasteiger partial charge on any atom is -0.323 e. The molecule has 2 N–H and O–H groups in total. The number of nitrogens with zero attached hydrogens (tertiary/aromatic N) is 2. The van der Waals surface area contributed by atoms with Gasteiger partial charge in [-0.2, -0.15) is 0 Å². The predicted molar refractivity (Wildman–Crippen MR) is 48.5 cm³/mol. The summed E-state index contributed by atoms with van der Waals surface area (Å²) >= 11 is 0. The zero-order valence-electron chi connectivity index (χ0n) is 7.40. The molecule has 0 radical (unpaired) electrons. The average molecular weight is 165 g/mol. The first-order chi connectivity index (χ1) is 5.84. The molecular formula is C9H15N3. The fourth-order valence-corrected chi connectivity index (χ4v) is 1.07. The highest BCUT2D eigenvalue weighted by atomic mass is 14.8. The Bertz CT molecular complexity index is 210. The van der Waals surface area contributed by atoms with Crippen LogP contribution in [0.15, 0.2) is 18.6 Å². The molecule has 0 bridgehead atoms. The average Bonchev–Trinajstić information content (AvgIpc) is 2.15. The van der Waals surface area contributed by atoms with Crippen molar-refractivity contribution in [1.29, 1.82) is 0 Å². The Morgan fingerprint density at radius 2 is 2.33 bits per heavy atom. The van der Waals surface area contributed by atoms with Crippen LogP contribution in [0.4, 0.5) is 0 Å². The fraction of sp³-hybridized carbons (Fsp3) is 0.556. The largest absolute Gasteiger partial charge is 0.323 e. The number of rotatable bonds is 4. The van der Waals surface area contributed by atoms with Gasteiger partial charge in [-0.05, 0) is 6.42 Å². The van der Waals surface area contributed by atoms with Gasteiger partial charge in [-0.1, -0.05) is 19.8 Å². The maximum Gasteiger partial charge on any atom is 0.0753 e. The van der Waals surface area contributed by atoms with Gasteiger partial charge in [0.25, 0.3) is 0 Å². The summed E-state index contributed by atoms with van der Waals surface area (Å²) in [4.78, 5) is 8.12. The molecule has 0 fully saturated rings. The second kappa shape index (κ2) is 4.83. The normalized spacial score (nSPS) is 12.8. The first-order valence-electron chi connectivity index (χ1n) is 4.36. The lowest BCUT2D eigenvalue weighted by atomic mass is 10.1. The summed E-state index contributed by atoms with van der Waals surface area (Å²) in [6.07, 6.45) is 8.40. The number of unbranched alkanes of at least 4 members (excludes halogenated alkanes) is 1. The summed E-state index contributed by atoms with van der Waals surface area (Å²) < 4.78 is 0. The summed E-state index contributed by atoms with van der Waals surface area (Å²) in [6, 6.07) is 0.0543. The van der Waals surface area contributed by atoms with E-state index in [0.717, 1.165) is 18.5 Å². The summed E-state index contributed by atoms with van der Waals surface area (Å²) in [5, 5.41) is 0. The molecule has 1 atom stereocenters. The van der Waals surface area contributed by atoms with E-state index in [2.05, 4.69) is 16.9 Å². The number of hydrogen-bond acceptors (Lipinski definition) is 3. The van der Waals surface area contributed by atoms with Gasteiger partial charge < -0.3 is 5.73 Å². The molecule has 3 heteroatoms. The van der Waals surface area contributed by atoms with Crippen molar-refractivity contribution in [2.45, 2.75) is 32.2 Å². The third-order valence-electron chi connectivity index (χ3n) is 1.83. The van der Waals surface area contributed by atoms with Crippen molar-refractivity contribution in [3.05, 3.63) is 24.3 Å². The highest BCUT2D eigenvalue weighted by Gasteiger charge is 2.05. The Balaban J connectivity index is 2.48. The van der Waals surface area contributed by atoms with Crippen LogP contribution in [0.2, 0.25) is 0 Å². The molecule has 1 heterocycles. The molecule has 0 aliphatic carbocycles. The summed E-state index contributed by atoms with van der Waals surface area (Å²) in [5.74, 6) is 0. The summed E-state index contributed by atoms with van der Waals surface area (Å²) in [6.45, 7) is 2.16. The van der Waals surface area contributed by atoms with Crippen molar-refractivity contribution >= 4 is 0 Å². The van der Waals surface area contributed by atoms with E-state index in [1.165, 1.54) is 6.42 Å². The second-order valence-electron chi connectivity index (χ2n) is 2.88. The van der Waals surface area contributed by atoms with Crippen LogP contribution in [0, 0.1) is 0 Å². The second-order valence-corrected chi connectivity index (χ2v) is 2.88. The topological polar surface area (TPSA) is 51.8 Å². The number of hydrogen-bond donors (Lipinski definition) is 1. The van der Waals surface area contributed by atoms with Gasteiger partial charge in [-0.25, -0.2) is 0 Å². The molecule has 3 nitrogen and oxygen atoms in total. The quantitative estimate of drug-likeness (QED) is 0.738. The molecule has 0 saturated carbocycles. The van der Waals surface area contributed by atoms with Gasteiger partial charge >= 0.3 is 0 Å². The molecule has 0 saturated heterocycles. The monoisotopic (exact) mass is 165 g/mol. The van der Waals surface area contributed by atoms with Crippen LogP contribution in [0.25, 0.3) is 0 Å². The molecule has 1 rings (SSSR count). The van der Waals surface area contributed by atoms with Crippen LogP contribution >= 0.6 is 0 Å². The standard InChI is InChI=1S/C9H15N3/c1-2-3-4-8(10)9-7-11-5-6-12-9/h5-8H,2-4,10H2,1H3. The van der Waals surface area contributed by atoms with Gasteiger partial charge in [0.15, 0.2) is 0 Å². The SMILES string of the molecule is CCCCC(N)c1cnccn1. The molecule has 0 aliphatic rings. The molecule has 12 heavy (non-hydrogen) atoms. The molecular weight excluding hydrogens is 150 g/mol. The fourth-order valence-electron chi connectivity index (χ4n) is 1.07. The first-order valence-corrected chi connectivity index (χ1v) is 4.36. The minimum atomic E-state index is 0.0543. The van der Waals surface area contributed by atoms with Gasteiger partial charge in [0.2, 0.25) is 0 Å². The van der Waals surface area contributed by atoms with Gasteiger partial charge in [0.1, 0.15) is 0 Å². The van der Waals surface area contributed by atoms with Crippen LogP contribution in [0.5, 0.6) is 0 Å². The smallest absolute Gasteiger partial charge is 0.0753 e. The third kappa shape index (κ3) is 2.58. The van der Waals surface area contributed by atoms with Crippen molar-refractivity contribution in [2.75, 3.05) is 0 Å². The Morgan fingerprint density at radius 1 is 1.50 bits per heavy atom. The highest BCUT2D eigenvalue weighted by Crippen LogP contribution is 2.12. The van der Waals surface area contributed by atoms with E-state index in [-0.39, 0.29) is 6.04 Å². The Labute approximate surface area is 73.0 Å². The van der Waals surface area contributed by atoms with E-state index in [0.29, 0.717) is 0 Å². The van der Waals surface area contributed by atoms with Crippen molar-refractivity contribution in [1.82, 2.24) is 9.97 Å². The molecule has 0 amide bonds. The highest BCUT2D eigenvalue weighted by molar-refractivity contribution is 5.00. The maximum absolute atomic E-state index is 5.88. The van der Waals surface area contributed by atoms with Crippen LogP contribution < -0.4 is 5.73 Å². The molecule has 66 valence electrons. The first kappa shape index (κ1) is 9.13. The van der Waals surface area contributed by atoms with E-state index in [9.17, 15) is 0 Å². The zero-order chi connectivity index (χ0) is 8.81. The summed E-state index contributed by atoms with van der Waals surface area (Å²) in [5.41, 5.74) is 6.77. The minimum absolute atomic E-state index is 0.0543. The van der Waals surface area contributed by atoms with Crippen LogP contribution in [-0.2, 0) is 0 Å². The van der Waals surface area contributed by atoms with Crippen molar-refractivity contribution in [3.8, 4) is 0 Å². The lowest BCUT2D eigenvalue weighted by molar-refractivity contribution is 0.588. The van der Waals surface area contributed by atoms with Crippen LogP contribution in [0.3, 0.4) is 0 Å². The molecule has 1 aromatic rings. The molecule has 0 spiro atoms.